The van der Waals surface area contributed by atoms with Crippen molar-refractivity contribution in [1.82, 2.24) is 10.3 Å². The van der Waals surface area contributed by atoms with E-state index in [1.54, 1.807) is 11.3 Å². The molecule has 90 valence electrons. The Bertz CT molecular complexity index is 550. The number of thiazole rings is 1. The quantitative estimate of drug-likeness (QED) is 0.875. The molecule has 1 atom stereocenters. The van der Waals surface area contributed by atoms with E-state index in [0.717, 1.165) is 20.8 Å². The van der Waals surface area contributed by atoms with Crippen LogP contribution in [0.5, 0.6) is 0 Å². The van der Waals surface area contributed by atoms with Crippen molar-refractivity contribution in [2.24, 2.45) is 0 Å². The Labute approximate surface area is 103 Å². The van der Waals surface area contributed by atoms with Crippen LogP contribution in [0, 0.1) is 0 Å². The van der Waals surface area contributed by atoms with E-state index < -0.39 is 0 Å². The van der Waals surface area contributed by atoms with Gasteiger partial charge in [-0.25, -0.2) is 4.98 Å². The zero-order valence-corrected chi connectivity index (χ0v) is 10.5. The molecular formula is C12H14N2O2S. The SMILES string of the molecule is CC(=O)NC(C)c1nc2cc(CO)ccc2s1. The normalized spacial score (nSPS) is 12.6. The van der Waals surface area contributed by atoms with Crippen molar-refractivity contribution in [3.05, 3.63) is 28.8 Å². The number of carbonyl (C=O) groups is 1. The number of fused-ring (bicyclic) bond motifs is 1. The number of hydrogen-bond donors (Lipinski definition) is 2. The molecule has 1 unspecified atom stereocenters. The molecule has 0 saturated heterocycles. The number of benzene rings is 1. The number of hydrogen-bond acceptors (Lipinski definition) is 4. The number of carbonyl (C=O) groups excluding carboxylic acids is 1. The van der Waals surface area contributed by atoms with Crippen molar-refractivity contribution in [3.8, 4) is 0 Å². The van der Waals surface area contributed by atoms with Crippen molar-refractivity contribution < 1.29 is 9.90 Å². The predicted molar refractivity (Wildman–Crippen MR) is 67.8 cm³/mol. The van der Waals surface area contributed by atoms with E-state index in [1.807, 2.05) is 25.1 Å². The van der Waals surface area contributed by atoms with Gasteiger partial charge in [0.2, 0.25) is 5.91 Å². The summed E-state index contributed by atoms with van der Waals surface area (Å²) in [5, 5.41) is 12.7. The average Bonchev–Trinajstić information content (AvgIpc) is 2.70. The molecule has 2 aromatic rings. The molecule has 2 N–H and O–H groups in total. The van der Waals surface area contributed by atoms with E-state index >= 15 is 0 Å². The number of aromatic nitrogens is 1. The number of rotatable bonds is 3. The molecule has 5 heteroatoms. The summed E-state index contributed by atoms with van der Waals surface area (Å²) >= 11 is 1.56. The topological polar surface area (TPSA) is 62.2 Å². The summed E-state index contributed by atoms with van der Waals surface area (Å²) in [6.45, 7) is 3.42. The fourth-order valence-electron chi connectivity index (χ4n) is 1.64. The van der Waals surface area contributed by atoms with Crippen LogP contribution in [0.2, 0.25) is 0 Å². The summed E-state index contributed by atoms with van der Waals surface area (Å²) in [4.78, 5) is 15.4. The standard InChI is InChI=1S/C12H14N2O2S/c1-7(13-8(2)16)12-14-10-5-9(6-15)3-4-11(10)17-12/h3-5,7,15H,6H2,1-2H3,(H,13,16). The Morgan fingerprint density at radius 3 is 3.00 bits per heavy atom. The van der Waals surface area contributed by atoms with Crippen molar-refractivity contribution in [2.45, 2.75) is 26.5 Å². The Morgan fingerprint density at radius 2 is 2.35 bits per heavy atom. The number of nitrogens with zero attached hydrogens (tertiary/aromatic N) is 1. The first-order valence-electron chi connectivity index (χ1n) is 5.37. The minimum atomic E-state index is -0.0810. The molecule has 0 bridgehead atoms. The first-order valence-corrected chi connectivity index (χ1v) is 6.19. The maximum absolute atomic E-state index is 11.0. The molecule has 0 aliphatic carbocycles. The molecule has 2 rings (SSSR count). The lowest BCUT2D eigenvalue weighted by Crippen LogP contribution is -2.23. The van der Waals surface area contributed by atoms with Crippen LogP contribution in [0.15, 0.2) is 18.2 Å². The first-order chi connectivity index (χ1) is 8.10. The van der Waals surface area contributed by atoms with Gasteiger partial charge in [0, 0.05) is 6.92 Å². The van der Waals surface area contributed by atoms with Crippen LogP contribution in [-0.4, -0.2) is 16.0 Å². The van der Waals surface area contributed by atoms with Crippen LogP contribution in [0.4, 0.5) is 0 Å². The van der Waals surface area contributed by atoms with E-state index in [-0.39, 0.29) is 18.6 Å². The largest absolute Gasteiger partial charge is 0.392 e. The number of aliphatic hydroxyl groups excluding tert-OH is 1. The van der Waals surface area contributed by atoms with Crippen LogP contribution in [0.25, 0.3) is 10.2 Å². The van der Waals surface area contributed by atoms with Gasteiger partial charge in [0.05, 0.1) is 22.9 Å². The maximum Gasteiger partial charge on any atom is 0.217 e. The lowest BCUT2D eigenvalue weighted by Gasteiger charge is -2.07. The highest BCUT2D eigenvalue weighted by atomic mass is 32.1. The van der Waals surface area contributed by atoms with E-state index in [2.05, 4.69) is 10.3 Å². The van der Waals surface area contributed by atoms with Gasteiger partial charge < -0.3 is 10.4 Å². The fourth-order valence-corrected chi connectivity index (χ4v) is 2.59. The Balaban J connectivity index is 2.33. The van der Waals surface area contributed by atoms with Crippen molar-refractivity contribution in [3.63, 3.8) is 0 Å². The van der Waals surface area contributed by atoms with Gasteiger partial charge in [0.15, 0.2) is 0 Å². The third kappa shape index (κ3) is 2.62. The minimum absolute atomic E-state index is 0.0179. The summed E-state index contributed by atoms with van der Waals surface area (Å²) in [5.41, 5.74) is 1.72. The maximum atomic E-state index is 11.0. The molecule has 1 aromatic carbocycles. The summed E-state index contributed by atoms with van der Waals surface area (Å²) in [6.07, 6.45) is 0. The average molecular weight is 250 g/mol. The molecule has 0 fully saturated rings. The second kappa shape index (κ2) is 4.81. The Kier molecular flexibility index (Phi) is 3.40. The lowest BCUT2D eigenvalue weighted by atomic mass is 10.2. The lowest BCUT2D eigenvalue weighted by molar-refractivity contribution is -0.119. The highest BCUT2D eigenvalue weighted by Crippen LogP contribution is 2.27. The first kappa shape index (κ1) is 12.0. The highest BCUT2D eigenvalue weighted by Gasteiger charge is 2.12. The summed E-state index contributed by atoms with van der Waals surface area (Å²) in [7, 11) is 0. The third-order valence-electron chi connectivity index (χ3n) is 2.44. The molecule has 0 radical (unpaired) electrons. The molecule has 1 heterocycles. The monoisotopic (exact) mass is 250 g/mol. The second-order valence-electron chi connectivity index (χ2n) is 3.93. The van der Waals surface area contributed by atoms with Gasteiger partial charge in [0.25, 0.3) is 0 Å². The van der Waals surface area contributed by atoms with Crippen LogP contribution < -0.4 is 5.32 Å². The molecule has 17 heavy (non-hydrogen) atoms. The predicted octanol–water partition coefficient (Wildman–Crippen LogP) is 1.99. The zero-order valence-electron chi connectivity index (χ0n) is 9.73. The van der Waals surface area contributed by atoms with Gasteiger partial charge in [-0.1, -0.05) is 6.07 Å². The molecule has 4 nitrogen and oxygen atoms in total. The number of amides is 1. The Morgan fingerprint density at radius 1 is 1.59 bits per heavy atom. The van der Waals surface area contributed by atoms with Gasteiger partial charge in [-0.3, -0.25) is 4.79 Å². The van der Waals surface area contributed by atoms with Gasteiger partial charge in [-0.2, -0.15) is 0 Å². The van der Waals surface area contributed by atoms with Crippen LogP contribution >= 0.6 is 11.3 Å². The van der Waals surface area contributed by atoms with E-state index in [1.165, 1.54) is 6.92 Å². The number of nitrogens with one attached hydrogen (secondary N) is 1. The summed E-state index contributed by atoms with van der Waals surface area (Å²) < 4.78 is 1.06. The van der Waals surface area contributed by atoms with Gasteiger partial charge in [0.1, 0.15) is 5.01 Å². The molecule has 0 spiro atoms. The molecule has 1 amide bonds. The van der Waals surface area contributed by atoms with E-state index in [9.17, 15) is 4.79 Å². The van der Waals surface area contributed by atoms with Gasteiger partial charge in [-0.15, -0.1) is 11.3 Å². The third-order valence-corrected chi connectivity index (χ3v) is 3.66. The Hall–Kier alpha value is -1.46. The van der Waals surface area contributed by atoms with Crippen LogP contribution in [0.1, 0.15) is 30.5 Å². The highest BCUT2D eigenvalue weighted by molar-refractivity contribution is 7.18. The molecule has 0 saturated carbocycles. The summed E-state index contributed by atoms with van der Waals surface area (Å²) in [5.74, 6) is -0.0622. The minimum Gasteiger partial charge on any atom is -0.392 e. The fraction of sp³-hybridized carbons (Fsp3) is 0.333. The van der Waals surface area contributed by atoms with E-state index in [0.29, 0.717) is 0 Å². The van der Waals surface area contributed by atoms with Crippen molar-refractivity contribution in [1.29, 1.82) is 0 Å². The molecule has 1 aromatic heterocycles. The second-order valence-corrected chi connectivity index (χ2v) is 5.00. The number of aliphatic hydroxyl groups is 1. The van der Waals surface area contributed by atoms with Gasteiger partial charge >= 0.3 is 0 Å². The van der Waals surface area contributed by atoms with E-state index in [4.69, 9.17) is 5.11 Å². The van der Waals surface area contributed by atoms with Crippen LogP contribution in [-0.2, 0) is 11.4 Å². The zero-order chi connectivity index (χ0) is 12.4. The van der Waals surface area contributed by atoms with Crippen molar-refractivity contribution >= 4 is 27.5 Å². The van der Waals surface area contributed by atoms with Gasteiger partial charge in [-0.05, 0) is 24.6 Å². The molecule has 0 aliphatic rings. The smallest absolute Gasteiger partial charge is 0.217 e. The van der Waals surface area contributed by atoms with Crippen LogP contribution in [0.3, 0.4) is 0 Å². The van der Waals surface area contributed by atoms with Crippen molar-refractivity contribution in [2.75, 3.05) is 0 Å². The molecular weight excluding hydrogens is 236 g/mol. The summed E-state index contributed by atoms with van der Waals surface area (Å²) in [6, 6.07) is 5.62. The molecule has 0 aliphatic heterocycles.